The van der Waals surface area contributed by atoms with E-state index in [1.54, 1.807) is 6.07 Å². The van der Waals surface area contributed by atoms with E-state index in [1.165, 1.54) is 16.2 Å². The summed E-state index contributed by atoms with van der Waals surface area (Å²) in [5.41, 5.74) is 0.0892. The smallest absolute Gasteiger partial charge is 0.251 e. The van der Waals surface area contributed by atoms with E-state index in [0.29, 0.717) is 0 Å². The number of aromatic nitrogens is 1. The van der Waals surface area contributed by atoms with Crippen molar-refractivity contribution in [1.29, 1.82) is 0 Å². The van der Waals surface area contributed by atoms with Crippen molar-refractivity contribution in [1.82, 2.24) is 4.57 Å². The molecule has 0 spiro atoms. The number of benzene rings is 3. The molecule has 0 unspecified atom stereocenters. The molecule has 0 atom stereocenters. The van der Waals surface area contributed by atoms with Gasteiger partial charge in [0.1, 0.15) is 0 Å². The van der Waals surface area contributed by atoms with Crippen LogP contribution < -0.4 is 5.56 Å². The first-order valence-electron chi connectivity index (χ1n) is 8.23. The van der Waals surface area contributed by atoms with E-state index in [9.17, 15) is 4.79 Å². The number of pyridine rings is 1. The predicted molar refractivity (Wildman–Crippen MR) is 98.1 cm³/mol. The maximum Gasteiger partial charge on any atom is 0.251 e. The number of nitrogens with zero attached hydrogens (tertiary/aromatic N) is 1. The minimum Gasteiger partial charge on any atom is -0.315 e. The van der Waals surface area contributed by atoms with Crippen LogP contribution in [0.15, 0.2) is 65.6 Å². The summed E-state index contributed by atoms with van der Waals surface area (Å²) in [6.45, 7) is 2.93. The van der Waals surface area contributed by atoms with Gasteiger partial charge in [-0.2, -0.15) is 0 Å². The van der Waals surface area contributed by atoms with Gasteiger partial charge in [-0.3, -0.25) is 4.79 Å². The largest absolute Gasteiger partial charge is 0.315 e. The maximum atomic E-state index is 12.5. The molecule has 1 heterocycles. The molecule has 1 aromatic heterocycles. The zero-order valence-electron chi connectivity index (χ0n) is 13.3. The van der Waals surface area contributed by atoms with E-state index in [4.69, 9.17) is 0 Å². The molecule has 23 heavy (non-hydrogen) atoms. The summed E-state index contributed by atoms with van der Waals surface area (Å²) < 4.78 is 1.85. The zero-order chi connectivity index (χ0) is 15.8. The van der Waals surface area contributed by atoms with Crippen LogP contribution in [0.1, 0.15) is 19.8 Å². The van der Waals surface area contributed by atoms with Crippen molar-refractivity contribution in [2.45, 2.75) is 26.3 Å². The topological polar surface area (TPSA) is 22.0 Å². The maximum absolute atomic E-state index is 12.5. The lowest BCUT2D eigenvalue weighted by Crippen LogP contribution is -2.18. The van der Waals surface area contributed by atoms with Crippen molar-refractivity contribution in [3.8, 4) is 0 Å². The lowest BCUT2D eigenvalue weighted by Gasteiger charge is -2.12. The average molecular weight is 301 g/mol. The molecule has 0 aliphatic carbocycles. The van der Waals surface area contributed by atoms with Gasteiger partial charge in [0, 0.05) is 24.2 Å². The molecule has 0 saturated carbocycles. The van der Waals surface area contributed by atoms with Crippen LogP contribution in [0.3, 0.4) is 0 Å². The van der Waals surface area contributed by atoms with E-state index in [1.807, 2.05) is 16.8 Å². The minimum atomic E-state index is 0.0892. The number of aryl methyl sites for hydroxylation is 1. The predicted octanol–water partition coefficient (Wildman–Crippen LogP) is 5.11. The minimum absolute atomic E-state index is 0.0892. The highest BCUT2D eigenvalue weighted by atomic mass is 16.1. The average Bonchev–Trinajstić information content (AvgIpc) is 2.60. The summed E-state index contributed by atoms with van der Waals surface area (Å²) in [7, 11) is 0. The fourth-order valence-electron chi connectivity index (χ4n) is 3.42. The van der Waals surface area contributed by atoms with Crippen LogP contribution in [-0.4, -0.2) is 4.57 Å². The first-order chi connectivity index (χ1) is 11.3. The standard InChI is InChI=1S/C21H19NO/c1-2-3-12-22-14-20-18-11-7-5-9-16(18)15-8-4-6-10-17(15)19(20)13-21(22)23/h4-11,13-14H,2-3,12H2,1H3. The van der Waals surface area contributed by atoms with Gasteiger partial charge in [0.25, 0.3) is 5.56 Å². The van der Waals surface area contributed by atoms with Gasteiger partial charge in [-0.15, -0.1) is 0 Å². The molecule has 4 rings (SSSR count). The van der Waals surface area contributed by atoms with Crippen LogP contribution in [0.2, 0.25) is 0 Å². The van der Waals surface area contributed by atoms with E-state index in [0.717, 1.165) is 35.5 Å². The van der Waals surface area contributed by atoms with Crippen LogP contribution in [0.4, 0.5) is 0 Å². The molecule has 4 aromatic rings. The van der Waals surface area contributed by atoms with Crippen molar-refractivity contribution in [2.24, 2.45) is 0 Å². The van der Waals surface area contributed by atoms with Crippen molar-refractivity contribution >= 4 is 32.3 Å². The molecule has 0 aliphatic heterocycles. The highest BCUT2D eigenvalue weighted by molar-refractivity contribution is 6.24. The van der Waals surface area contributed by atoms with Crippen molar-refractivity contribution in [3.63, 3.8) is 0 Å². The van der Waals surface area contributed by atoms with Crippen LogP contribution in [0.25, 0.3) is 32.3 Å². The summed E-state index contributed by atoms with van der Waals surface area (Å²) in [5, 5.41) is 7.04. The fourth-order valence-corrected chi connectivity index (χ4v) is 3.42. The molecule has 0 saturated heterocycles. The van der Waals surface area contributed by atoms with Gasteiger partial charge in [0.15, 0.2) is 0 Å². The van der Waals surface area contributed by atoms with Crippen LogP contribution in [0.5, 0.6) is 0 Å². The number of hydrogen-bond acceptors (Lipinski definition) is 1. The molecule has 0 N–H and O–H groups in total. The Morgan fingerprint density at radius 3 is 1.87 bits per heavy atom. The summed E-state index contributed by atoms with van der Waals surface area (Å²) in [5.74, 6) is 0. The van der Waals surface area contributed by atoms with E-state index < -0.39 is 0 Å². The molecule has 114 valence electrons. The van der Waals surface area contributed by atoms with Crippen molar-refractivity contribution in [2.75, 3.05) is 0 Å². The Balaban J connectivity index is 2.19. The van der Waals surface area contributed by atoms with Crippen molar-refractivity contribution in [3.05, 3.63) is 71.1 Å². The molecular weight excluding hydrogens is 282 g/mol. The lowest BCUT2D eigenvalue weighted by atomic mass is 9.95. The molecule has 0 aliphatic rings. The normalized spacial score (nSPS) is 11.5. The van der Waals surface area contributed by atoms with E-state index in [2.05, 4.69) is 49.4 Å². The van der Waals surface area contributed by atoms with Gasteiger partial charge in [-0.05, 0) is 33.4 Å². The van der Waals surface area contributed by atoms with Gasteiger partial charge in [0.05, 0.1) is 0 Å². The third-order valence-corrected chi connectivity index (χ3v) is 4.60. The zero-order valence-corrected chi connectivity index (χ0v) is 13.3. The van der Waals surface area contributed by atoms with Crippen LogP contribution >= 0.6 is 0 Å². The fraction of sp³-hybridized carbons (Fsp3) is 0.190. The highest BCUT2D eigenvalue weighted by Crippen LogP contribution is 2.33. The Hall–Kier alpha value is -2.61. The van der Waals surface area contributed by atoms with Gasteiger partial charge >= 0.3 is 0 Å². The SMILES string of the molecule is CCCCn1cc2c3ccccc3c3ccccc3c2cc1=O. The number of rotatable bonds is 3. The highest BCUT2D eigenvalue weighted by Gasteiger charge is 2.09. The summed E-state index contributed by atoms with van der Waals surface area (Å²) >= 11 is 0. The van der Waals surface area contributed by atoms with Gasteiger partial charge in [-0.25, -0.2) is 0 Å². The number of fused-ring (bicyclic) bond motifs is 6. The Morgan fingerprint density at radius 1 is 0.783 bits per heavy atom. The Labute approximate surface area is 135 Å². The molecule has 0 amide bonds. The lowest BCUT2D eigenvalue weighted by molar-refractivity contribution is 0.616. The van der Waals surface area contributed by atoms with Crippen LogP contribution in [0, 0.1) is 0 Å². The Morgan fingerprint density at radius 2 is 1.30 bits per heavy atom. The van der Waals surface area contributed by atoms with Gasteiger partial charge in [-0.1, -0.05) is 61.9 Å². The molecule has 2 heteroatoms. The van der Waals surface area contributed by atoms with Crippen molar-refractivity contribution < 1.29 is 0 Å². The number of unbranched alkanes of at least 4 members (excludes halogenated alkanes) is 1. The van der Waals surface area contributed by atoms with Gasteiger partial charge < -0.3 is 4.57 Å². The summed E-state index contributed by atoms with van der Waals surface area (Å²) in [6, 6.07) is 18.6. The molecule has 2 nitrogen and oxygen atoms in total. The third-order valence-electron chi connectivity index (χ3n) is 4.60. The second-order valence-electron chi connectivity index (χ2n) is 6.08. The molecule has 0 bridgehead atoms. The van der Waals surface area contributed by atoms with Crippen LogP contribution in [-0.2, 0) is 6.54 Å². The number of hydrogen-bond donors (Lipinski definition) is 0. The molecule has 0 radical (unpaired) electrons. The summed E-state index contributed by atoms with van der Waals surface area (Å²) in [4.78, 5) is 12.5. The summed E-state index contributed by atoms with van der Waals surface area (Å²) in [6.07, 6.45) is 4.15. The molecule has 3 aromatic carbocycles. The van der Waals surface area contributed by atoms with Gasteiger partial charge in [0.2, 0.25) is 0 Å². The Kier molecular flexibility index (Phi) is 3.38. The monoisotopic (exact) mass is 301 g/mol. The van der Waals surface area contributed by atoms with E-state index >= 15 is 0 Å². The molecular formula is C21H19NO. The Bertz CT molecular complexity index is 1080. The first-order valence-corrected chi connectivity index (χ1v) is 8.23. The van der Waals surface area contributed by atoms with E-state index in [-0.39, 0.29) is 5.56 Å². The first kappa shape index (κ1) is 14.0. The molecule has 0 fully saturated rings. The second kappa shape index (κ2) is 5.54. The quantitative estimate of drug-likeness (QED) is 0.482. The third kappa shape index (κ3) is 2.22. The second-order valence-corrected chi connectivity index (χ2v) is 6.08.